The van der Waals surface area contributed by atoms with Crippen LogP contribution in [0.2, 0.25) is 0 Å². The number of carboxylic acids is 1. The maximum atomic E-state index is 12.4. The summed E-state index contributed by atoms with van der Waals surface area (Å²) in [6.45, 7) is 2.64. The second-order valence-corrected chi connectivity index (χ2v) is 6.18. The number of carbonyl (C=O) groups excluding carboxylic acids is 1. The standard InChI is InChI=1S/C18H19N3O4S/c1-3-20-17(24)13(19(2)18(20)26)8-9-15-21(11-10-16(22)23)12-6-4-5-7-14(12)25-15/h4-9H,3,10-11H2,1-2H3,(H,22,23)/b13-8?,15-9+. The third-order valence-corrected chi connectivity index (χ3v) is 4.72. The van der Waals surface area contributed by atoms with E-state index >= 15 is 0 Å². The molecule has 0 aliphatic carbocycles. The zero-order valence-electron chi connectivity index (χ0n) is 14.5. The number of anilines is 1. The van der Waals surface area contributed by atoms with Crippen LogP contribution >= 0.6 is 12.2 Å². The molecule has 0 unspecified atom stereocenters. The molecule has 1 aromatic carbocycles. The number of rotatable bonds is 5. The molecule has 2 aliphatic heterocycles. The summed E-state index contributed by atoms with van der Waals surface area (Å²) >= 11 is 5.28. The number of nitrogens with zero attached hydrogens (tertiary/aromatic N) is 3. The number of amides is 1. The van der Waals surface area contributed by atoms with Gasteiger partial charge in [-0.1, -0.05) is 12.1 Å². The molecular formula is C18H19N3O4S. The highest BCUT2D eigenvalue weighted by Gasteiger charge is 2.34. The van der Waals surface area contributed by atoms with Crippen molar-refractivity contribution in [2.24, 2.45) is 0 Å². The molecule has 0 atom stereocenters. The van der Waals surface area contributed by atoms with Gasteiger partial charge in [0.1, 0.15) is 5.70 Å². The van der Waals surface area contributed by atoms with Gasteiger partial charge >= 0.3 is 5.97 Å². The first kappa shape index (κ1) is 17.9. The smallest absolute Gasteiger partial charge is 0.305 e. The minimum absolute atomic E-state index is 0.0296. The van der Waals surface area contributed by atoms with Gasteiger partial charge in [-0.15, -0.1) is 0 Å². The second-order valence-electron chi connectivity index (χ2n) is 5.81. The van der Waals surface area contributed by atoms with Crippen LogP contribution < -0.4 is 9.64 Å². The molecule has 1 amide bonds. The number of carboxylic acid groups (broad SMARTS) is 1. The van der Waals surface area contributed by atoms with Crippen LogP contribution in [0.1, 0.15) is 13.3 Å². The Kier molecular flexibility index (Phi) is 4.94. The van der Waals surface area contributed by atoms with Gasteiger partial charge in [0.15, 0.2) is 10.9 Å². The Morgan fingerprint density at radius 3 is 2.65 bits per heavy atom. The van der Waals surface area contributed by atoms with Gasteiger partial charge in [0, 0.05) is 26.2 Å². The average Bonchev–Trinajstić information content (AvgIpc) is 3.06. The molecule has 136 valence electrons. The van der Waals surface area contributed by atoms with Gasteiger partial charge in [-0.3, -0.25) is 14.5 Å². The molecule has 26 heavy (non-hydrogen) atoms. The van der Waals surface area contributed by atoms with E-state index in [-0.39, 0.29) is 18.9 Å². The summed E-state index contributed by atoms with van der Waals surface area (Å²) in [5, 5.41) is 9.45. The summed E-state index contributed by atoms with van der Waals surface area (Å²) in [5.74, 6) is 0.0764. The van der Waals surface area contributed by atoms with E-state index < -0.39 is 5.97 Å². The molecule has 2 heterocycles. The van der Waals surface area contributed by atoms with Crippen LogP contribution in [0.25, 0.3) is 0 Å². The highest BCUT2D eigenvalue weighted by atomic mass is 32.1. The fourth-order valence-corrected chi connectivity index (χ4v) is 3.19. The van der Waals surface area contributed by atoms with E-state index in [0.29, 0.717) is 29.0 Å². The van der Waals surface area contributed by atoms with Crippen LogP contribution in [-0.4, -0.2) is 52.0 Å². The van der Waals surface area contributed by atoms with Gasteiger partial charge in [-0.2, -0.15) is 0 Å². The van der Waals surface area contributed by atoms with Crippen molar-refractivity contribution < 1.29 is 19.4 Å². The Morgan fingerprint density at radius 2 is 2.00 bits per heavy atom. The number of likely N-dealkylation sites (N-methyl/N-ethyl adjacent to an activating group) is 2. The first-order valence-electron chi connectivity index (χ1n) is 8.21. The number of hydrogen-bond acceptors (Lipinski definition) is 5. The van der Waals surface area contributed by atoms with E-state index in [1.807, 2.05) is 31.2 Å². The maximum absolute atomic E-state index is 12.4. The number of carbonyl (C=O) groups is 2. The van der Waals surface area contributed by atoms with E-state index in [2.05, 4.69) is 0 Å². The zero-order chi connectivity index (χ0) is 18.8. The summed E-state index contributed by atoms with van der Waals surface area (Å²) in [5.41, 5.74) is 1.25. The van der Waals surface area contributed by atoms with Crippen molar-refractivity contribution in [2.75, 3.05) is 25.0 Å². The lowest BCUT2D eigenvalue weighted by atomic mass is 10.2. The summed E-state index contributed by atoms with van der Waals surface area (Å²) in [4.78, 5) is 28.4. The summed E-state index contributed by atoms with van der Waals surface area (Å²) in [7, 11) is 1.74. The van der Waals surface area contributed by atoms with Crippen molar-refractivity contribution in [3.63, 3.8) is 0 Å². The minimum Gasteiger partial charge on any atom is -0.481 e. The molecular weight excluding hydrogens is 354 g/mol. The molecule has 1 aromatic rings. The Morgan fingerprint density at radius 1 is 1.27 bits per heavy atom. The first-order chi connectivity index (χ1) is 12.4. The number of aliphatic carboxylic acids is 1. The van der Waals surface area contributed by atoms with Gasteiger partial charge in [-0.05, 0) is 37.4 Å². The van der Waals surface area contributed by atoms with Gasteiger partial charge < -0.3 is 19.6 Å². The highest BCUT2D eigenvalue weighted by Crippen LogP contribution is 2.38. The van der Waals surface area contributed by atoms with E-state index in [1.165, 1.54) is 4.90 Å². The fraction of sp³-hybridized carbons (Fsp3) is 0.278. The van der Waals surface area contributed by atoms with E-state index in [9.17, 15) is 9.59 Å². The fourth-order valence-electron chi connectivity index (χ4n) is 2.88. The van der Waals surface area contributed by atoms with Crippen LogP contribution in [0.3, 0.4) is 0 Å². The zero-order valence-corrected chi connectivity index (χ0v) is 15.3. The largest absolute Gasteiger partial charge is 0.481 e. The lowest BCUT2D eigenvalue weighted by molar-refractivity contribution is -0.136. The van der Waals surface area contributed by atoms with Crippen LogP contribution in [0.15, 0.2) is 48.0 Å². The van der Waals surface area contributed by atoms with E-state index in [0.717, 1.165) is 5.69 Å². The summed E-state index contributed by atoms with van der Waals surface area (Å²) in [6, 6.07) is 7.40. The van der Waals surface area contributed by atoms with Crippen LogP contribution in [-0.2, 0) is 9.59 Å². The quantitative estimate of drug-likeness (QED) is 0.626. The average molecular weight is 373 g/mol. The SMILES string of the molecule is CCN1C(=O)C(=C/C=C2/Oc3ccccc3N2CCC(=O)O)N(C)C1=S. The number of para-hydroxylation sites is 2. The number of ether oxygens (including phenoxy) is 1. The molecule has 1 N–H and O–H groups in total. The Bertz CT molecular complexity index is 833. The summed E-state index contributed by atoms with van der Waals surface area (Å²) < 4.78 is 5.84. The monoisotopic (exact) mass is 373 g/mol. The van der Waals surface area contributed by atoms with Gasteiger partial charge in [0.25, 0.3) is 5.91 Å². The molecule has 0 spiro atoms. The molecule has 2 aliphatic rings. The molecule has 0 radical (unpaired) electrons. The maximum Gasteiger partial charge on any atom is 0.305 e. The third kappa shape index (κ3) is 3.15. The van der Waals surface area contributed by atoms with Crippen molar-refractivity contribution in [2.45, 2.75) is 13.3 Å². The normalized spacial score (nSPS) is 19.5. The predicted octanol–water partition coefficient (Wildman–Crippen LogP) is 2.16. The highest BCUT2D eigenvalue weighted by molar-refractivity contribution is 7.80. The summed E-state index contributed by atoms with van der Waals surface area (Å²) in [6.07, 6.45) is 3.30. The molecule has 8 heteroatoms. The predicted molar refractivity (Wildman–Crippen MR) is 101 cm³/mol. The second kappa shape index (κ2) is 7.17. The lowest BCUT2D eigenvalue weighted by Gasteiger charge is -2.17. The Hall–Kier alpha value is -2.87. The van der Waals surface area contributed by atoms with E-state index in [1.54, 1.807) is 29.0 Å². The van der Waals surface area contributed by atoms with Crippen molar-refractivity contribution in [3.05, 3.63) is 48.0 Å². The number of benzene rings is 1. The Labute approximate surface area is 156 Å². The topological polar surface area (TPSA) is 73.3 Å². The molecule has 0 aromatic heterocycles. The number of fused-ring (bicyclic) bond motifs is 1. The molecule has 1 fully saturated rings. The van der Waals surface area contributed by atoms with Crippen LogP contribution in [0.5, 0.6) is 5.75 Å². The molecule has 0 saturated carbocycles. The number of allylic oxidation sites excluding steroid dienone is 2. The molecule has 1 saturated heterocycles. The molecule has 3 rings (SSSR count). The van der Waals surface area contributed by atoms with Gasteiger partial charge in [0.05, 0.1) is 12.1 Å². The Balaban J connectivity index is 1.91. The van der Waals surface area contributed by atoms with Crippen molar-refractivity contribution in [1.29, 1.82) is 0 Å². The first-order valence-corrected chi connectivity index (χ1v) is 8.62. The molecule has 0 bridgehead atoms. The van der Waals surface area contributed by atoms with Crippen LogP contribution in [0, 0.1) is 0 Å². The lowest BCUT2D eigenvalue weighted by Crippen LogP contribution is -2.30. The number of hydrogen-bond donors (Lipinski definition) is 1. The van der Waals surface area contributed by atoms with Crippen molar-refractivity contribution in [1.82, 2.24) is 9.80 Å². The third-order valence-electron chi connectivity index (χ3n) is 4.23. The number of thiocarbonyl (C=S) groups is 1. The van der Waals surface area contributed by atoms with Crippen LogP contribution in [0.4, 0.5) is 5.69 Å². The van der Waals surface area contributed by atoms with E-state index in [4.69, 9.17) is 22.1 Å². The molecule has 7 nitrogen and oxygen atoms in total. The minimum atomic E-state index is -0.887. The van der Waals surface area contributed by atoms with Gasteiger partial charge in [0.2, 0.25) is 5.88 Å². The van der Waals surface area contributed by atoms with Gasteiger partial charge in [-0.25, -0.2) is 0 Å². The van der Waals surface area contributed by atoms with Crippen molar-refractivity contribution in [3.8, 4) is 5.75 Å². The van der Waals surface area contributed by atoms with Crippen molar-refractivity contribution >= 4 is 34.9 Å².